The van der Waals surface area contributed by atoms with E-state index in [2.05, 4.69) is 22.3 Å². The predicted octanol–water partition coefficient (Wildman–Crippen LogP) is 1.81. The summed E-state index contributed by atoms with van der Waals surface area (Å²) in [6.07, 6.45) is 4.34. The molecule has 5 heteroatoms. The molecule has 0 aliphatic rings. The lowest BCUT2D eigenvalue weighted by molar-refractivity contribution is 0.170. The van der Waals surface area contributed by atoms with E-state index in [9.17, 15) is 0 Å². The number of nitrogens with zero attached hydrogens (tertiary/aromatic N) is 2. The lowest BCUT2D eigenvalue weighted by atomic mass is 9.91. The van der Waals surface area contributed by atoms with Crippen LogP contribution in [0.5, 0.6) is 0 Å². The van der Waals surface area contributed by atoms with Crippen molar-refractivity contribution in [3.05, 3.63) is 36.2 Å². The van der Waals surface area contributed by atoms with Gasteiger partial charge in [0, 0.05) is 26.1 Å². The molecule has 0 radical (unpaired) electrons. The van der Waals surface area contributed by atoms with Gasteiger partial charge in [0.1, 0.15) is 0 Å². The molecule has 0 saturated heterocycles. The first-order chi connectivity index (χ1) is 9.27. The van der Waals surface area contributed by atoms with Gasteiger partial charge in [0.05, 0.1) is 17.1 Å². The molecule has 102 valence electrons. The Balaban J connectivity index is 2.35. The van der Waals surface area contributed by atoms with E-state index in [1.54, 1.807) is 19.5 Å². The quantitative estimate of drug-likeness (QED) is 0.612. The molecule has 3 N–H and O–H groups in total. The molecule has 2 unspecified atom stereocenters. The minimum Gasteiger partial charge on any atom is -0.385 e. The second-order valence-electron chi connectivity index (χ2n) is 4.67. The van der Waals surface area contributed by atoms with E-state index < -0.39 is 0 Å². The number of hydrogen-bond acceptors (Lipinski definition) is 5. The van der Waals surface area contributed by atoms with E-state index >= 15 is 0 Å². The summed E-state index contributed by atoms with van der Waals surface area (Å²) in [6, 6.07) is 6.03. The van der Waals surface area contributed by atoms with E-state index in [1.807, 2.05) is 18.2 Å². The summed E-state index contributed by atoms with van der Waals surface area (Å²) in [6.45, 7) is 2.87. The first kappa shape index (κ1) is 13.9. The maximum Gasteiger partial charge on any atom is 0.0935 e. The third kappa shape index (κ3) is 3.07. The third-order valence-electron chi connectivity index (χ3n) is 3.39. The molecule has 2 rings (SSSR count). The Morgan fingerprint density at radius 3 is 2.84 bits per heavy atom. The summed E-state index contributed by atoms with van der Waals surface area (Å²) in [7, 11) is 1.71. The largest absolute Gasteiger partial charge is 0.385 e. The van der Waals surface area contributed by atoms with Crippen LogP contribution in [0.2, 0.25) is 0 Å². The zero-order chi connectivity index (χ0) is 13.7. The molecule has 0 spiro atoms. The summed E-state index contributed by atoms with van der Waals surface area (Å²) in [4.78, 5) is 8.75. The van der Waals surface area contributed by atoms with Gasteiger partial charge in [-0.25, -0.2) is 0 Å². The van der Waals surface area contributed by atoms with E-state index in [0.29, 0.717) is 5.92 Å². The molecule has 2 atom stereocenters. The number of fused-ring (bicyclic) bond motifs is 1. The molecule has 5 nitrogen and oxygen atoms in total. The first-order valence-electron chi connectivity index (χ1n) is 6.42. The highest BCUT2D eigenvalue weighted by Crippen LogP contribution is 2.28. The van der Waals surface area contributed by atoms with Crippen molar-refractivity contribution >= 4 is 11.0 Å². The minimum absolute atomic E-state index is 0.0375. The fourth-order valence-corrected chi connectivity index (χ4v) is 2.30. The summed E-state index contributed by atoms with van der Waals surface area (Å²) in [5.41, 5.74) is 5.76. The summed E-state index contributed by atoms with van der Waals surface area (Å²) in [5, 5.41) is 0. The highest BCUT2D eigenvalue weighted by molar-refractivity contribution is 5.78. The molecular formula is C14H20N4O. The Morgan fingerprint density at radius 2 is 2.11 bits per heavy atom. The lowest BCUT2D eigenvalue weighted by Gasteiger charge is -2.24. The molecular weight excluding hydrogens is 240 g/mol. The van der Waals surface area contributed by atoms with Crippen LogP contribution in [0.4, 0.5) is 0 Å². The molecule has 1 aromatic heterocycles. The number of hydrazine groups is 1. The van der Waals surface area contributed by atoms with Crippen LogP contribution in [0, 0.1) is 5.92 Å². The van der Waals surface area contributed by atoms with E-state index in [1.165, 1.54) is 0 Å². The smallest absolute Gasteiger partial charge is 0.0935 e. The normalized spacial score (nSPS) is 14.5. The lowest BCUT2D eigenvalue weighted by Crippen LogP contribution is -2.33. The molecule has 0 fully saturated rings. The maximum absolute atomic E-state index is 5.73. The SMILES string of the molecule is COCCC(C)C(NN)c1cccc2nccnc12. The van der Waals surface area contributed by atoms with Gasteiger partial charge in [-0.15, -0.1) is 0 Å². The van der Waals surface area contributed by atoms with Crippen molar-refractivity contribution in [3.8, 4) is 0 Å². The summed E-state index contributed by atoms with van der Waals surface area (Å²) in [5.74, 6) is 6.07. The van der Waals surface area contributed by atoms with Gasteiger partial charge in [0.15, 0.2) is 0 Å². The van der Waals surface area contributed by atoms with Crippen LogP contribution in [0.15, 0.2) is 30.6 Å². The zero-order valence-corrected chi connectivity index (χ0v) is 11.3. The number of benzene rings is 1. The molecule has 0 bridgehead atoms. The Bertz CT molecular complexity index is 526. The van der Waals surface area contributed by atoms with Crippen molar-refractivity contribution in [2.45, 2.75) is 19.4 Å². The number of nitrogens with two attached hydrogens (primary N) is 1. The van der Waals surface area contributed by atoms with Crippen LogP contribution in [0.3, 0.4) is 0 Å². The average Bonchev–Trinajstić information content (AvgIpc) is 2.46. The third-order valence-corrected chi connectivity index (χ3v) is 3.39. The van der Waals surface area contributed by atoms with Gasteiger partial charge in [0.2, 0.25) is 0 Å². The van der Waals surface area contributed by atoms with Crippen LogP contribution in [0.1, 0.15) is 24.9 Å². The number of aromatic nitrogens is 2. The van der Waals surface area contributed by atoms with E-state index in [0.717, 1.165) is 29.6 Å². The second-order valence-corrected chi connectivity index (χ2v) is 4.67. The fraction of sp³-hybridized carbons (Fsp3) is 0.429. The van der Waals surface area contributed by atoms with Crippen molar-refractivity contribution in [2.24, 2.45) is 11.8 Å². The Morgan fingerprint density at radius 1 is 1.32 bits per heavy atom. The first-order valence-corrected chi connectivity index (χ1v) is 6.42. The predicted molar refractivity (Wildman–Crippen MR) is 75.3 cm³/mol. The average molecular weight is 260 g/mol. The van der Waals surface area contributed by atoms with Crippen LogP contribution in [0.25, 0.3) is 11.0 Å². The van der Waals surface area contributed by atoms with Crippen molar-refractivity contribution in [1.29, 1.82) is 0 Å². The second kappa shape index (κ2) is 6.56. The monoisotopic (exact) mass is 260 g/mol. The topological polar surface area (TPSA) is 73.1 Å². The van der Waals surface area contributed by atoms with Crippen molar-refractivity contribution < 1.29 is 4.74 Å². The number of para-hydroxylation sites is 1. The van der Waals surface area contributed by atoms with Gasteiger partial charge in [-0.2, -0.15) is 0 Å². The number of methoxy groups -OCH3 is 1. The summed E-state index contributed by atoms with van der Waals surface area (Å²) < 4.78 is 5.13. The van der Waals surface area contributed by atoms with Crippen LogP contribution in [-0.2, 0) is 4.74 Å². The highest BCUT2D eigenvalue weighted by Gasteiger charge is 2.20. The van der Waals surface area contributed by atoms with Crippen molar-refractivity contribution in [3.63, 3.8) is 0 Å². The number of nitrogens with one attached hydrogen (secondary N) is 1. The van der Waals surface area contributed by atoms with Crippen LogP contribution < -0.4 is 11.3 Å². The number of ether oxygens (including phenoxy) is 1. The van der Waals surface area contributed by atoms with Gasteiger partial charge in [-0.05, 0) is 24.0 Å². The molecule has 0 aliphatic carbocycles. The Kier molecular flexibility index (Phi) is 4.79. The zero-order valence-electron chi connectivity index (χ0n) is 11.3. The van der Waals surface area contributed by atoms with Crippen molar-refractivity contribution in [2.75, 3.05) is 13.7 Å². The van der Waals surface area contributed by atoms with Crippen LogP contribution >= 0.6 is 0 Å². The van der Waals surface area contributed by atoms with Crippen molar-refractivity contribution in [1.82, 2.24) is 15.4 Å². The molecule has 0 amide bonds. The molecule has 0 saturated carbocycles. The van der Waals surface area contributed by atoms with E-state index in [4.69, 9.17) is 10.6 Å². The fourth-order valence-electron chi connectivity index (χ4n) is 2.30. The number of rotatable bonds is 6. The molecule has 2 aromatic rings. The highest BCUT2D eigenvalue weighted by atomic mass is 16.5. The van der Waals surface area contributed by atoms with Gasteiger partial charge < -0.3 is 4.74 Å². The van der Waals surface area contributed by atoms with Gasteiger partial charge in [0.25, 0.3) is 0 Å². The van der Waals surface area contributed by atoms with Gasteiger partial charge in [-0.3, -0.25) is 21.2 Å². The Labute approximate surface area is 113 Å². The number of hydrogen-bond donors (Lipinski definition) is 2. The minimum atomic E-state index is 0.0375. The molecule has 1 aromatic carbocycles. The summed E-state index contributed by atoms with van der Waals surface area (Å²) >= 11 is 0. The molecule has 19 heavy (non-hydrogen) atoms. The Hall–Kier alpha value is -1.56. The molecule has 1 heterocycles. The van der Waals surface area contributed by atoms with Gasteiger partial charge in [-0.1, -0.05) is 19.1 Å². The maximum atomic E-state index is 5.73. The van der Waals surface area contributed by atoms with Crippen LogP contribution in [-0.4, -0.2) is 23.7 Å². The van der Waals surface area contributed by atoms with Gasteiger partial charge >= 0.3 is 0 Å². The standard InChI is InChI=1S/C14H20N4O/c1-10(6-9-19-2)13(18-15)11-4-3-5-12-14(11)17-8-7-16-12/h3-5,7-8,10,13,18H,6,9,15H2,1-2H3. The van der Waals surface area contributed by atoms with E-state index in [-0.39, 0.29) is 6.04 Å². The molecule has 0 aliphatic heterocycles.